The summed E-state index contributed by atoms with van der Waals surface area (Å²) in [5.41, 5.74) is 2.40. The summed E-state index contributed by atoms with van der Waals surface area (Å²) in [5, 5.41) is 12.1. The molecule has 23 heavy (non-hydrogen) atoms. The first-order valence-corrected chi connectivity index (χ1v) is 7.89. The monoisotopic (exact) mass is 315 g/mol. The molecule has 0 bridgehead atoms. The molecule has 1 aromatic carbocycles. The molecule has 0 aliphatic carbocycles. The van der Waals surface area contributed by atoms with E-state index in [1.807, 2.05) is 19.1 Å². The van der Waals surface area contributed by atoms with Crippen LogP contribution >= 0.6 is 0 Å². The van der Waals surface area contributed by atoms with Crippen molar-refractivity contribution in [3.8, 4) is 0 Å². The van der Waals surface area contributed by atoms with Crippen molar-refractivity contribution in [1.29, 1.82) is 0 Å². The molecule has 0 spiro atoms. The number of nitrogens with zero attached hydrogens (tertiary/aromatic N) is 3. The van der Waals surface area contributed by atoms with Crippen LogP contribution in [-0.2, 0) is 4.74 Å². The Morgan fingerprint density at radius 1 is 1.39 bits per heavy atom. The molecule has 0 atom stereocenters. The number of methoxy groups -OCH3 is 1. The van der Waals surface area contributed by atoms with Crippen LogP contribution in [0.25, 0.3) is 10.9 Å². The number of ether oxygens (including phenoxy) is 1. The summed E-state index contributed by atoms with van der Waals surface area (Å²) >= 11 is 0. The fourth-order valence-corrected chi connectivity index (χ4v) is 3.32. The Morgan fingerprint density at radius 2 is 2.13 bits per heavy atom. The van der Waals surface area contributed by atoms with Gasteiger partial charge in [-0.15, -0.1) is 0 Å². The third kappa shape index (κ3) is 3.12. The first-order valence-electron chi connectivity index (χ1n) is 7.89. The lowest BCUT2D eigenvalue weighted by molar-refractivity contribution is -0.383. The van der Waals surface area contributed by atoms with E-state index in [0.717, 1.165) is 49.3 Å². The van der Waals surface area contributed by atoms with Gasteiger partial charge in [-0.25, -0.2) is 4.98 Å². The topological polar surface area (TPSA) is 68.5 Å². The molecule has 0 radical (unpaired) electrons. The van der Waals surface area contributed by atoms with E-state index in [2.05, 4.69) is 9.88 Å². The minimum atomic E-state index is -0.358. The van der Waals surface area contributed by atoms with Gasteiger partial charge in [0.15, 0.2) is 5.52 Å². The van der Waals surface area contributed by atoms with Crippen LogP contribution < -0.4 is 4.90 Å². The Morgan fingerprint density at radius 3 is 2.78 bits per heavy atom. The molecule has 122 valence electrons. The van der Waals surface area contributed by atoms with Crippen molar-refractivity contribution in [2.45, 2.75) is 19.8 Å². The number of nitro benzene ring substituents is 1. The molecule has 1 aromatic heterocycles. The molecule has 6 heteroatoms. The highest BCUT2D eigenvalue weighted by Gasteiger charge is 2.23. The molecule has 0 unspecified atom stereocenters. The van der Waals surface area contributed by atoms with Crippen LogP contribution in [0.4, 0.5) is 11.4 Å². The molecule has 2 aromatic rings. The molecule has 1 aliphatic rings. The second-order valence-electron chi connectivity index (χ2n) is 6.10. The number of aromatic nitrogens is 1. The molecule has 2 heterocycles. The summed E-state index contributed by atoms with van der Waals surface area (Å²) in [6.07, 6.45) is 2.15. The smallest absolute Gasteiger partial charge is 0.295 e. The van der Waals surface area contributed by atoms with Gasteiger partial charge in [-0.2, -0.15) is 0 Å². The molecule has 1 fully saturated rings. The minimum Gasteiger partial charge on any atom is -0.384 e. The van der Waals surface area contributed by atoms with Gasteiger partial charge in [-0.3, -0.25) is 10.1 Å². The summed E-state index contributed by atoms with van der Waals surface area (Å²) in [4.78, 5) is 17.6. The largest absolute Gasteiger partial charge is 0.384 e. The third-order valence-electron chi connectivity index (χ3n) is 4.48. The van der Waals surface area contributed by atoms with Gasteiger partial charge in [-0.05, 0) is 31.7 Å². The summed E-state index contributed by atoms with van der Waals surface area (Å²) in [6.45, 7) is 4.57. The number of aryl methyl sites for hydroxylation is 1. The van der Waals surface area contributed by atoms with Crippen LogP contribution in [0.3, 0.4) is 0 Å². The fourth-order valence-electron chi connectivity index (χ4n) is 3.32. The van der Waals surface area contributed by atoms with E-state index in [9.17, 15) is 10.1 Å². The molecule has 0 saturated carbocycles. The van der Waals surface area contributed by atoms with Gasteiger partial charge < -0.3 is 9.64 Å². The number of para-hydroxylation sites is 1. The van der Waals surface area contributed by atoms with Gasteiger partial charge in [0.2, 0.25) is 0 Å². The molecular formula is C17H21N3O3. The van der Waals surface area contributed by atoms with Crippen molar-refractivity contribution in [1.82, 2.24) is 4.98 Å². The zero-order valence-corrected chi connectivity index (χ0v) is 13.5. The van der Waals surface area contributed by atoms with Gasteiger partial charge in [0.05, 0.1) is 4.92 Å². The van der Waals surface area contributed by atoms with Crippen LogP contribution in [0.2, 0.25) is 0 Å². The summed E-state index contributed by atoms with van der Waals surface area (Å²) in [6, 6.07) is 7.20. The number of piperidine rings is 1. The highest BCUT2D eigenvalue weighted by molar-refractivity contribution is 5.97. The molecule has 0 amide bonds. The predicted octanol–water partition coefficient (Wildman–Crippen LogP) is 3.31. The molecule has 3 rings (SSSR count). The van der Waals surface area contributed by atoms with Gasteiger partial charge in [0, 0.05) is 49.6 Å². The summed E-state index contributed by atoms with van der Waals surface area (Å²) < 4.78 is 5.25. The van der Waals surface area contributed by atoms with E-state index in [4.69, 9.17) is 4.74 Å². The van der Waals surface area contributed by atoms with E-state index < -0.39 is 0 Å². The van der Waals surface area contributed by atoms with E-state index in [1.54, 1.807) is 13.2 Å². The first-order chi connectivity index (χ1) is 11.1. The summed E-state index contributed by atoms with van der Waals surface area (Å²) in [5.74, 6) is 0.597. The Balaban J connectivity index is 1.98. The lowest BCUT2D eigenvalue weighted by Crippen LogP contribution is -2.35. The van der Waals surface area contributed by atoms with Gasteiger partial charge in [0.1, 0.15) is 0 Å². The van der Waals surface area contributed by atoms with Crippen molar-refractivity contribution in [2.24, 2.45) is 5.92 Å². The Kier molecular flexibility index (Phi) is 4.43. The first kappa shape index (κ1) is 15.7. The van der Waals surface area contributed by atoms with E-state index in [0.29, 0.717) is 11.4 Å². The number of rotatable bonds is 4. The molecule has 1 aliphatic heterocycles. The van der Waals surface area contributed by atoms with Gasteiger partial charge in [-0.1, -0.05) is 12.1 Å². The van der Waals surface area contributed by atoms with E-state index in [-0.39, 0.29) is 10.6 Å². The highest BCUT2D eigenvalue weighted by atomic mass is 16.6. The average molecular weight is 315 g/mol. The second-order valence-corrected chi connectivity index (χ2v) is 6.10. The minimum absolute atomic E-state index is 0.0710. The lowest BCUT2D eigenvalue weighted by atomic mass is 9.97. The maximum Gasteiger partial charge on any atom is 0.295 e. The van der Waals surface area contributed by atoms with Crippen molar-refractivity contribution in [2.75, 3.05) is 31.7 Å². The quantitative estimate of drug-likeness (QED) is 0.639. The standard InChI is InChI=1S/C17H21N3O3/c1-12-10-16(19-8-6-13(7-9-19)11-23-2)14-4-3-5-15(20(21)22)17(14)18-12/h3-5,10,13H,6-9,11H2,1-2H3. The average Bonchev–Trinajstić information content (AvgIpc) is 2.54. The zero-order chi connectivity index (χ0) is 16.4. The van der Waals surface area contributed by atoms with Crippen molar-refractivity contribution in [3.05, 3.63) is 40.1 Å². The molecular weight excluding hydrogens is 294 g/mol. The Bertz CT molecular complexity index is 724. The molecule has 6 nitrogen and oxygen atoms in total. The van der Waals surface area contributed by atoms with Crippen molar-refractivity contribution in [3.63, 3.8) is 0 Å². The molecule has 0 N–H and O–H groups in total. The predicted molar refractivity (Wildman–Crippen MR) is 89.9 cm³/mol. The number of pyridine rings is 1. The van der Waals surface area contributed by atoms with Crippen LogP contribution in [0.1, 0.15) is 18.5 Å². The number of nitro groups is 1. The van der Waals surface area contributed by atoms with Crippen molar-refractivity contribution < 1.29 is 9.66 Å². The zero-order valence-electron chi connectivity index (χ0n) is 13.5. The normalized spacial score (nSPS) is 16.0. The third-order valence-corrected chi connectivity index (χ3v) is 4.48. The molecule has 1 saturated heterocycles. The van der Waals surface area contributed by atoms with E-state index in [1.165, 1.54) is 6.07 Å². The lowest BCUT2D eigenvalue weighted by Gasteiger charge is -2.34. The van der Waals surface area contributed by atoms with Gasteiger partial charge >= 0.3 is 0 Å². The number of hydrogen-bond donors (Lipinski definition) is 0. The van der Waals surface area contributed by atoms with E-state index >= 15 is 0 Å². The second kappa shape index (κ2) is 6.50. The van der Waals surface area contributed by atoms with Crippen molar-refractivity contribution >= 4 is 22.3 Å². The Hall–Kier alpha value is -2.21. The number of hydrogen-bond acceptors (Lipinski definition) is 5. The number of non-ortho nitro benzene ring substituents is 1. The number of benzene rings is 1. The number of fused-ring (bicyclic) bond motifs is 1. The number of anilines is 1. The van der Waals surface area contributed by atoms with Gasteiger partial charge in [0.25, 0.3) is 5.69 Å². The summed E-state index contributed by atoms with van der Waals surface area (Å²) in [7, 11) is 1.74. The Labute approximate surface area is 135 Å². The maximum absolute atomic E-state index is 11.3. The van der Waals surface area contributed by atoms with Crippen LogP contribution in [0.15, 0.2) is 24.3 Å². The fraction of sp³-hybridized carbons (Fsp3) is 0.471. The van der Waals surface area contributed by atoms with Crippen LogP contribution in [-0.4, -0.2) is 36.7 Å². The van der Waals surface area contributed by atoms with Crippen LogP contribution in [0, 0.1) is 23.0 Å². The van der Waals surface area contributed by atoms with Crippen LogP contribution in [0.5, 0.6) is 0 Å². The SMILES string of the molecule is COCC1CCN(c2cc(C)nc3c([N+](=O)[O-])cccc23)CC1. The maximum atomic E-state index is 11.3. The highest BCUT2D eigenvalue weighted by Crippen LogP contribution is 2.34.